The van der Waals surface area contributed by atoms with Crippen molar-refractivity contribution in [1.82, 2.24) is 5.32 Å². The molecule has 0 saturated heterocycles. The normalized spacial score (nSPS) is 10.7. The molecule has 0 aliphatic rings. The monoisotopic (exact) mass is 337 g/mol. The summed E-state index contributed by atoms with van der Waals surface area (Å²) in [6.07, 6.45) is 1.04. The van der Waals surface area contributed by atoms with E-state index in [1.807, 2.05) is 12.1 Å². The third-order valence-electron chi connectivity index (χ3n) is 3.16. The van der Waals surface area contributed by atoms with Gasteiger partial charge < -0.3 is 5.32 Å². The minimum atomic E-state index is 0.796. The van der Waals surface area contributed by atoms with Crippen LogP contribution in [0.1, 0.15) is 16.7 Å². The van der Waals surface area contributed by atoms with Gasteiger partial charge in [0, 0.05) is 16.0 Å². The summed E-state index contributed by atoms with van der Waals surface area (Å²) in [7, 11) is 0. The Hall–Kier alpha value is -0.830. The van der Waals surface area contributed by atoms with Gasteiger partial charge in [-0.1, -0.05) is 51.8 Å². The van der Waals surface area contributed by atoms with Crippen LogP contribution in [0.5, 0.6) is 0 Å². The maximum Gasteiger partial charge on any atom is 0.0451 e. The van der Waals surface area contributed by atoms with Crippen molar-refractivity contribution < 1.29 is 0 Å². The molecule has 19 heavy (non-hydrogen) atoms. The number of benzene rings is 2. The van der Waals surface area contributed by atoms with Crippen LogP contribution in [0.2, 0.25) is 5.02 Å². The standard InChI is InChI=1S/C16H17BrClN/c1-12-4-2-3-5-13(12)8-9-19-11-14-10-15(17)6-7-16(14)18/h2-7,10,19H,8-9,11H2,1H3. The molecule has 1 nitrogen and oxygen atoms in total. The summed E-state index contributed by atoms with van der Waals surface area (Å²) in [6.45, 7) is 3.90. The molecular formula is C16H17BrClN. The Morgan fingerprint density at radius 2 is 1.89 bits per heavy atom. The van der Waals surface area contributed by atoms with Gasteiger partial charge in [0.15, 0.2) is 0 Å². The van der Waals surface area contributed by atoms with Crippen LogP contribution in [0, 0.1) is 6.92 Å². The van der Waals surface area contributed by atoms with Gasteiger partial charge in [0.05, 0.1) is 0 Å². The van der Waals surface area contributed by atoms with Gasteiger partial charge in [0.1, 0.15) is 0 Å². The Morgan fingerprint density at radius 3 is 2.68 bits per heavy atom. The minimum absolute atomic E-state index is 0.796. The molecule has 2 aromatic rings. The molecule has 100 valence electrons. The molecule has 0 saturated carbocycles. The van der Waals surface area contributed by atoms with Crippen LogP contribution >= 0.6 is 27.5 Å². The Labute approximate surface area is 128 Å². The third-order valence-corrected chi connectivity index (χ3v) is 4.02. The summed E-state index contributed by atoms with van der Waals surface area (Å²) in [5.41, 5.74) is 3.88. The predicted octanol–water partition coefficient (Wildman–Crippen LogP) is 4.74. The fourth-order valence-electron chi connectivity index (χ4n) is 2.02. The molecule has 2 rings (SSSR count). The van der Waals surface area contributed by atoms with Gasteiger partial charge in [-0.3, -0.25) is 0 Å². The van der Waals surface area contributed by atoms with E-state index in [0.717, 1.165) is 34.6 Å². The van der Waals surface area contributed by atoms with E-state index in [2.05, 4.69) is 58.5 Å². The third kappa shape index (κ3) is 4.34. The zero-order chi connectivity index (χ0) is 13.7. The number of aryl methyl sites for hydroxylation is 1. The van der Waals surface area contributed by atoms with E-state index < -0.39 is 0 Å². The highest BCUT2D eigenvalue weighted by Gasteiger charge is 2.01. The number of hydrogen-bond acceptors (Lipinski definition) is 1. The largest absolute Gasteiger partial charge is 0.312 e. The van der Waals surface area contributed by atoms with Crippen molar-refractivity contribution in [2.75, 3.05) is 6.54 Å². The molecule has 1 N–H and O–H groups in total. The molecule has 0 amide bonds. The van der Waals surface area contributed by atoms with E-state index in [-0.39, 0.29) is 0 Å². The van der Waals surface area contributed by atoms with Crippen molar-refractivity contribution in [1.29, 1.82) is 0 Å². The molecule has 0 spiro atoms. The maximum absolute atomic E-state index is 6.16. The quantitative estimate of drug-likeness (QED) is 0.776. The summed E-state index contributed by atoms with van der Waals surface area (Å²) in [6, 6.07) is 14.4. The Morgan fingerprint density at radius 1 is 1.11 bits per heavy atom. The second-order valence-corrected chi connectivity index (χ2v) is 5.91. The molecule has 0 aliphatic heterocycles. The molecule has 0 atom stereocenters. The minimum Gasteiger partial charge on any atom is -0.312 e. The van der Waals surface area contributed by atoms with Gasteiger partial charge >= 0.3 is 0 Å². The fourth-order valence-corrected chi connectivity index (χ4v) is 2.61. The first-order valence-electron chi connectivity index (χ1n) is 6.36. The average Bonchev–Trinajstić information content (AvgIpc) is 2.40. The Kier molecular flexibility index (Phi) is 5.44. The number of halogens is 2. The van der Waals surface area contributed by atoms with Crippen LogP contribution in [0.25, 0.3) is 0 Å². The Balaban J connectivity index is 1.84. The van der Waals surface area contributed by atoms with Gasteiger partial charge in [-0.2, -0.15) is 0 Å². The highest BCUT2D eigenvalue weighted by molar-refractivity contribution is 9.10. The fraction of sp³-hybridized carbons (Fsp3) is 0.250. The SMILES string of the molecule is Cc1ccccc1CCNCc1cc(Br)ccc1Cl. The molecule has 0 aromatic heterocycles. The highest BCUT2D eigenvalue weighted by Crippen LogP contribution is 2.20. The van der Waals surface area contributed by atoms with Crippen molar-refractivity contribution in [3.8, 4) is 0 Å². The van der Waals surface area contributed by atoms with E-state index in [4.69, 9.17) is 11.6 Å². The molecule has 0 unspecified atom stereocenters. The maximum atomic E-state index is 6.16. The zero-order valence-corrected chi connectivity index (χ0v) is 13.3. The zero-order valence-electron chi connectivity index (χ0n) is 10.9. The summed E-state index contributed by atoms with van der Waals surface area (Å²) in [4.78, 5) is 0. The van der Waals surface area contributed by atoms with Gasteiger partial charge in [-0.15, -0.1) is 0 Å². The molecule has 0 aliphatic carbocycles. The van der Waals surface area contributed by atoms with Crippen molar-refractivity contribution in [3.63, 3.8) is 0 Å². The van der Waals surface area contributed by atoms with Gasteiger partial charge in [0.2, 0.25) is 0 Å². The van der Waals surface area contributed by atoms with Crippen LogP contribution in [-0.4, -0.2) is 6.54 Å². The van der Waals surface area contributed by atoms with Crippen LogP contribution in [0.4, 0.5) is 0 Å². The summed E-state index contributed by atoms with van der Waals surface area (Å²) in [5.74, 6) is 0. The number of nitrogens with one attached hydrogen (secondary N) is 1. The topological polar surface area (TPSA) is 12.0 Å². The van der Waals surface area contributed by atoms with Crippen LogP contribution < -0.4 is 5.32 Å². The van der Waals surface area contributed by atoms with Crippen molar-refractivity contribution in [3.05, 3.63) is 68.7 Å². The smallest absolute Gasteiger partial charge is 0.0451 e. The van der Waals surface area contributed by atoms with E-state index in [1.165, 1.54) is 11.1 Å². The van der Waals surface area contributed by atoms with Gasteiger partial charge in [-0.25, -0.2) is 0 Å². The predicted molar refractivity (Wildman–Crippen MR) is 85.7 cm³/mol. The second-order valence-electron chi connectivity index (χ2n) is 4.59. The van der Waals surface area contributed by atoms with Crippen LogP contribution in [0.15, 0.2) is 46.9 Å². The summed E-state index contributed by atoms with van der Waals surface area (Å²) in [5, 5.41) is 4.25. The van der Waals surface area contributed by atoms with Gasteiger partial charge in [-0.05, 0) is 54.8 Å². The molecule has 0 radical (unpaired) electrons. The first-order chi connectivity index (χ1) is 9.16. The molecule has 2 aromatic carbocycles. The first kappa shape index (κ1) is 14.6. The highest BCUT2D eigenvalue weighted by atomic mass is 79.9. The molecular weight excluding hydrogens is 322 g/mol. The molecule has 3 heteroatoms. The van der Waals surface area contributed by atoms with Crippen LogP contribution in [0.3, 0.4) is 0 Å². The average molecular weight is 339 g/mol. The first-order valence-corrected chi connectivity index (χ1v) is 7.53. The van der Waals surface area contributed by atoms with Gasteiger partial charge in [0.25, 0.3) is 0 Å². The lowest BCUT2D eigenvalue weighted by atomic mass is 10.1. The van der Waals surface area contributed by atoms with E-state index in [0.29, 0.717) is 0 Å². The van der Waals surface area contributed by atoms with E-state index in [1.54, 1.807) is 0 Å². The summed E-state index contributed by atoms with van der Waals surface area (Å²) < 4.78 is 1.06. The van der Waals surface area contributed by atoms with E-state index >= 15 is 0 Å². The van der Waals surface area contributed by atoms with Crippen LogP contribution in [-0.2, 0) is 13.0 Å². The van der Waals surface area contributed by atoms with E-state index in [9.17, 15) is 0 Å². The molecule has 0 fully saturated rings. The van der Waals surface area contributed by atoms with Crippen molar-refractivity contribution in [2.45, 2.75) is 19.9 Å². The molecule has 0 bridgehead atoms. The number of hydrogen-bond donors (Lipinski definition) is 1. The van der Waals surface area contributed by atoms with Crippen molar-refractivity contribution >= 4 is 27.5 Å². The second kappa shape index (κ2) is 7.09. The Bertz CT molecular complexity index is 554. The lowest BCUT2D eigenvalue weighted by Gasteiger charge is -2.09. The summed E-state index contributed by atoms with van der Waals surface area (Å²) >= 11 is 9.62. The lowest BCUT2D eigenvalue weighted by Crippen LogP contribution is -2.17. The van der Waals surface area contributed by atoms with Crippen molar-refractivity contribution in [2.24, 2.45) is 0 Å². The molecule has 0 heterocycles. The number of rotatable bonds is 5. The lowest BCUT2D eigenvalue weighted by molar-refractivity contribution is 0.685.